The standard InChI is InChI=1S/C16H25NO2S/c1-12(2)13-5-7-14(8-6-13)15(18)17-9-10-20-11-16(3,4)19/h5-8,12,19H,9-11H2,1-4H3,(H,17,18). The van der Waals surface area contributed by atoms with Gasteiger partial charge in [0.1, 0.15) is 0 Å². The molecule has 0 aliphatic rings. The van der Waals surface area contributed by atoms with Crippen molar-refractivity contribution < 1.29 is 9.90 Å². The van der Waals surface area contributed by atoms with Crippen molar-refractivity contribution in [2.75, 3.05) is 18.1 Å². The van der Waals surface area contributed by atoms with Crippen LogP contribution in [0.3, 0.4) is 0 Å². The summed E-state index contributed by atoms with van der Waals surface area (Å²) in [6.07, 6.45) is 0. The van der Waals surface area contributed by atoms with Crippen LogP contribution < -0.4 is 5.32 Å². The van der Waals surface area contributed by atoms with Crippen LogP contribution in [0.15, 0.2) is 24.3 Å². The lowest BCUT2D eigenvalue weighted by atomic mass is 10.0. The normalized spacial score (nSPS) is 11.7. The van der Waals surface area contributed by atoms with Gasteiger partial charge in [-0.1, -0.05) is 26.0 Å². The minimum absolute atomic E-state index is 0.0378. The first-order valence-corrected chi connectivity index (χ1v) is 8.13. The third-order valence-corrected chi connectivity index (χ3v) is 4.23. The number of amides is 1. The van der Waals surface area contributed by atoms with Crippen molar-refractivity contribution in [2.45, 2.75) is 39.2 Å². The lowest BCUT2D eigenvalue weighted by molar-refractivity contribution is 0.0956. The molecule has 0 aliphatic heterocycles. The Morgan fingerprint density at radius 3 is 2.40 bits per heavy atom. The van der Waals surface area contributed by atoms with E-state index in [1.54, 1.807) is 25.6 Å². The van der Waals surface area contributed by atoms with Gasteiger partial charge in [-0.3, -0.25) is 4.79 Å². The lowest BCUT2D eigenvalue weighted by Gasteiger charge is -2.16. The first kappa shape index (κ1) is 17.1. The summed E-state index contributed by atoms with van der Waals surface area (Å²) in [6, 6.07) is 7.74. The summed E-state index contributed by atoms with van der Waals surface area (Å²) in [5, 5.41) is 12.5. The van der Waals surface area contributed by atoms with E-state index in [9.17, 15) is 9.90 Å². The Labute approximate surface area is 126 Å². The maximum atomic E-state index is 11.9. The zero-order valence-electron chi connectivity index (χ0n) is 12.8. The van der Waals surface area contributed by atoms with Gasteiger partial charge in [0.2, 0.25) is 0 Å². The van der Waals surface area contributed by atoms with E-state index >= 15 is 0 Å². The maximum absolute atomic E-state index is 11.9. The fourth-order valence-corrected chi connectivity index (χ4v) is 2.57. The van der Waals surface area contributed by atoms with Crippen molar-refractivity contribution in [1.82, 2.24) is 5.32 Å². The average Bonchev–Trinajstić information content (AvgIpc) is 2.37. The van der Waals surface area contributed by atoms with Gasteiger partial charge in [0, 0.05) is 23.6 Å². The van der Waals surface area contributed by atoms with E-state index in [1.807, 2.05) is 24.3 Å². The molecule has 0 heterocycles. The highest BCUT2D eigenvalue weighted by molar-refractivity contribution is 7.99. The molecular weight excluding hydrogens is 270 g/mol. The van der Waals surface area contributed by atoms with Crippen LogP contribution in [0.1, 0.15) is 49.5 Å². The highest BCUT2D eigenvalue weighted by Gasteiger charge is 2.12. The summed E-state index contributed by atoms with van der Waals surface area (Å²) in [5.41, 5.74) is 1.28. The minimum atomic E-state index is -0.651. The third kappa shape index (κ3) is 6.44. The molecule has 112 valence electrons. The minimum Gasteiger partial charge on any atom is -0.390 e. The molecule has 0 bridgehead atoms. The summed E-state index contributed by atoms with van der Waals surface area (Å²) in [7, 11) is 0. The summed E-state index contributed by atoms with van der Waals surface area (Å²) >= 11 is 1.64. The number of thioether (sulfide) groups is 1. The number of hydrogen-bond acceptors (Lipinski definition) is 3. The highest BCUT2D eigenvalue weighted by Crippen LogP contribution is 2.15. The van der Waals surface area contributed by atoms with Gasteiger partial charge in [0.15, 0.2) is 0 Å². The van der Waals surface area contributed by atoms with E-state index in [0.717, 1.165) is 5.75 Å². The van der Waals surface area contributed by atoms with Gasteiger partial charge in [-0.05, 0) is 37.5 Å². The fraction of sp³-hybridized carbons (Fsp3) is 0.562. The smallest absolute Gasteiger partial charge is 0.251 e. The summed E-state index contributed by atoms with van der Waals surface area (Å²) < 4.78 is 0. The summed E-state index contributed by atoms with van der Waals surface area (Å²) in [5.74, 6) is 1.92. The van der Waals surface area contributed by atoms with Gasteiger partial charge in [0.05, 0.1) is 5.60 Å². The molecule has 0 fully saturated rings. The number of rotatable bonds is 7. The van der Waals surface area contributed by atoms with E-state index in [1.165, 1.54) is 5.56 Å². The second kappa shape index (κ2) is 7.70. The van der Waals surface area contributed by atoms with Crippen molar-refractivity contribution in [3.8, 4) is 0 Å². The molecule has 1 aromatic rings. The van der Waals surface area contributed by atoms with E-state index in [2.05, 4.69) is 19.2 Å². The maximum Gasteiger partial charge on any atom is 0.251 e. The molecule has 1 aromatic carbocycles. The van der Waals surface area contributed by atoms with Crippen LogP contribution in [0.25, 0.3) is 0 Å². The number of benzene rings is 1. The first-order valence-electron chi connectivity index (χ1n) is 6.98. The SMILES string of the molecule is CC(C)c1ccc(C(=O)NCCSCC(C)(C)O)cc1. The largest absolute Gasteiger partial charge is 0.390 e. The zero-order valence-corrected chi connectivity index (χ0v) is 13.6. The second-order valence-corrected chi connectivity index (χ2v) is 7.00. The van der Waals surface area contributed by atoms with Gasteiger partial charge >= 0.3 is 0 Å². The fourth-order valence-electron chi connectivity index (χ4n) is 1.68. The predicted octanol–water partition coefficient (Wildman–Crippen LogP) is 3.04. The van der Waals surface area contributed by atoms with Crippen molar-refractivity contribution >= 4 is 17.7 Å². The molecular formula is C16H25NO2S. The van der Waals surface area contributed by atoms with Crippen LogP contribution in [0, 0.1) is 0 Å². The van der Waals surface area contributed by atoms with E-state index in [-0.39, 0.29) is 5.91 Å². The Kier molecular flexibility index (Phi) is 6.56. The molecule has 1 rings (SSSR count). The highest BCUT2D eigenvalue weighted by atomic mass is 32.2. The Balaban J connectivity index is 2.32. The van der Waals surface area contributed by atoms with Crippen molar-refractivity contribution in [1.29, 1.82) is 0 Å². The predicted molar refractivity (Wildman–Crippen MR) is 86.5 cm³/mol. The number of hydrogen-bond donors (Lipinski definition) is 2. The molecule has 1 amide bonds. The van der Waals surface area contributed by atoms with Crippen molar-refractivity contribution in [3.63, 3.8) is 0 Å². The van der Waals surface area contributed by atoms with Crippen LogP contribution in [-0.2, 0) is 0 Å². The number of nitrogens with one attached hydrogen (secondary N) is 1. The molecule has 3 nitrogen and oxygen atoms in total. The van der Waals surface area contributed by atoms with Crippen LogP contribution in [0.5, 0.6) is 0 Å². The van der Waals surface area contributed by atoms with Crippen LogP contribution in [0.4, 0.5) is 0 Å². The van der Waals surface area contributed by atoms with E-state index in [4.69, 9.17) is 0 Å². The van der Waals surface area contributed by atoms with Gasteiger partial charge < -0.3 is 10.4 Å². The Morgan fingerprint density at radius 1 is 1.30 bits per heavy atom. The van der Waals surface area contributed by atoms with Gasteiger partial charge in [-0.15, -0.1) is 0 Å². The third-order valence-electron chi connectivity index (χ3n) is 2.83. The molecule has 0 radical (unpaired) electrons. The quantitative estimate of drug-likeness (QED) is 0.760. The second-order valence-electron chi connectivity index (χ2n) is 5.90. The van der Waals surface area contributed by atoms with Crippen LogP contribution in [-0.4, -0.2) is 34.7 Å². The monoisotopic (exact) mass is 295 g/mol. The topological polar surface area (TPSA) is 49.3 Å². The molecule has 2 N–H and O–H groups in total. The molecule has 0 spiro atoms. The first-order chi connectivity index (χ1) is 9.29. The van der Waals surface area contributed by atoms with Gasteiger partial charge in [-0.2, -0.15) is 11.8 Å². The van der Waals surface area contributed by atoms with Crippen molar-refractivity contribution in [3.05, 3.63) is 35.4 Å². The van der Waals surface area contributed by atoms with Crippen LogP contribution >= 0.6 is 11.8 Å². The Hall–Kier alpha value is -1.00. The summed E-state index contributed by atoms with van der Waals surface area (Å²) in [6.45, 7) is 8.46. The molecule has 4 heteroatoms. The molecule has 0 atom stereocenters. The lowest BCUT2D eigenvalue weighted by Crippen LogP contribution is -2.27. The average molecular weight is 295 g/mol. The zero-order chi connectivity index (χ0) is 15.2. The Morgan fingerprint density at radius 2 is 1.90 bits per heavy atom. The summed E-state index contributed by atoms with van der Waals surface area (Å²) in [4.78, 5) is 11.9. The van der Waals surface area contributed by atoms with Gasteiger partial charge in [-0.25, -0.2) is 0 Å². The molecule has 0 unspecified atom stereocenters. The molecule has 0 aliphatic carbocycles. The number of carbonyl (C=O) groups is 1. The Bertz CT molecular complexity index is 421. The number of aliphatic hydroxyl groups is 1. The molecule has 0 saturated heterocycles. The van der Waals surface area contributed by atoms with E-state index < -0.39 is 5.60 Å². The molecule has 20 heavy (non-hydrogen) atoms. The number of carbonyl (C=O) groups excluding carboxylic acids is 1. The van der Waals surface area contributed by atoms with Gasteiger partial charge in [0.25, 0.3) is 5.91 Å². The van der Waals surface area contributed by atoms with Crippen LogP contribution in [0.2, 0.25) is 0 Å². The molecule has 0 aromatic heterocycles. The van der Waals surface area contributed by atoms with E-state index in [0.29, 0.717) is 23.8 Å². The molecule has 0 saturated carbocycles. The van der Waals surface area contributed by atoms with Crippen molar-refractivity contribution in [2.24, 2.45) is 0 Å².